The van der Waals surface area contributed by atoms with E-state index in [0.717, 1.165) is 29.5 Å². The van der Waals surface area contributed by atoms with E-state index >= 15 is 0 Å². The van der Waals surface area contributed by atoms with Gasteiger partial charge in [0.25, 0.3) is 0 Å². The van der Waals surface area contributed by atoms with E-state index in [2.05, 4.69) is 4.74 Å². The predicted molar refractivity (Wildman–Crippen MR) is 112 cm³/mol. The van der Waals surface area contributed by atoms with Crippen molar-refractivity contribution in [1.29, 1.82) is 0 Å². The smallest absolute Gasteiger partial charge is 0.310 e. The van der Waals surface area contributed by atoms with Crippen LogP contribution in [0.5, 0.6) is 0 Å². The topological polar surface area (TPSA) is 52.3 Å². The van der Waals surface area contributed by atoms with Gasteiger partial charge < -0.3 is 10.5 Å². The van der Waals surface area contributed by atoms with E-state index in [1.807, 2.05) is 26.0 Å². The van der Waals surface area contributed by atoms with Crippen molar-refractivity contribution in [3.63, 3.8) is 0 Å². The molecule has 0 aliphatic carbocycles. The number of anilines is 1. The van der Waals surface area contributed by atoms with Crippen molar-refractivity contribution in [3.8, 4) is 0 Å². The zero-order valence-electron chi connectivity index (χ0n) is 14.8. The normalized spacial score (nSPS) is 10.1. The summed E-state index contributed by atoms with van der Waals surface area (Å²) in [4.78, 5) is 11.2. The molecule has 2 aromatic carbocycles. The highest BCUT2D eigenvalue weighted by Gasteiger charge is 2.12. The summed E-state index contributed by atoms with van der Waals surface area (Å²) in [7, 11) is 1.36. The molecule has 0 aliphatic heterocycles. The Labute approximate surface area is 174 Å². The lowest BCUT2D eigenvalue weighted by atomic mass is 10.0. The van der Waals surface area contributed by atoms with Crippen molar-refractivity contribution in [2.45, 2.75) is 33.1 Å². The van der Waals surface area contributed by atoms with Gasteiger partial charge in [0, 0.05) is 15.1 Å². The van der Waals surface area contributed by atoms with E-state index in [4.69, 9.17) is 52.1 Å². The Hall–Kier alpha value is -1.13. The third-order valence-electron chi connectivity index (χ3n) is 3.74. The fraction of sp³-hybridized carbons (Fsp3) is 0.316. The standard InChI is InChI=1S/C11H12Cl2O2.C8H9Cl2N/c1-3-7-4-8(12)5-10(13)9(7)6-11(14)15-2;1-2-5-3-6(9)4-7(10)8(5)11/h4-5H,3,6H2,1-2H3;3-4H,2,11H2,1H3. The van der Waals surface area contributed by atoms with Crippen LogP contribution in [-0.4, -0.2) is 13.1 Å². The molecule has 0 atom stereocenters. The number of halogens is 4. The molecule has 0 heterocycles. The molecule has 0 saturated carbocycles. The molecular weight excluding hydrogens is 416 g/mol. The van der Waals surface area contributed by atoms with Crippen LogP contribution in [0.3, 0.4) is 0 Å². The molecule has 2 N–H and O–H groups in total. The molecule has 0 amide bonds. The van der Waals surface area contributed by atoms with Gasteiger partial charge in [-0.15, -0.1) is 0 Å². The molecule has 0 spiro atoms. The van der Waals surface area contributed by atoms with Crippen LogP contribution in [0.1, 0.15) is 30.5 Å². The molecule has 0 unspecified atom stereocenters. The van der Waals surface area contributed by atoms with Gasteiger partial charge in [-0.2, -0.15) is 0 Å². The maximum absolute atomic E-state index is 11.2. The minimum atomic E-state index is -0.297. The lowest BCUT2D eigenvalue weighted by molar-refractivity contribution is -0.139. The largest absolute Gasteiger partial charge is 0.469 e. The van der Waals surface area contributed by atoms with Crippen molar-refractivity contribution in [3.05, 3.63) is 61.0 Å². The van der Waals surface area contributed by atoms with E-state index in [0.29, 0.717) is 25.8 Å². The molecular formula is C19H21Cl4NO2. The third kappa shape index (κ3) is 6.55. The molecule has 0 saturated heterocycles. The highest BCUT2D eigenvalue weighted by molar-refractivity contribution is 6.36. The average molecular weight is 437 g/mol. The quantitative estimate of drug-likeness (QED) is 0.444. The van der Waals surface area contributed by atoms with Crippen molar-refractivity contribution >= 4 is 58.1 Å². The molecule has 3 nitrogen and oxygen atoms in total. The second kappa shape index (κ2) is 10.9. The van der Waals surface area contributed by atoms with Gasteiger partial charge in [-0.05, 0) is 53.8 Å². The highest BCUT2D eigenvalue weighted by atomic mass is 35.5. The number of aryl methyl sites for hydroxylation is 2. The number of nitrogen functional groups attached to an aromatic ring is 1. The molecule has 2 rings (SSSR count). The summed E-state index contributed by atoms with van der Waals surface area (Å²) in [6.45, 7) is 4.00. The zero-order chi connectivity index (χ0) is 19.9. The molecule has 7 heteroatoms. The first kappa shape index (κ1) is 22.9. The van der Waals surface area contributed by atoms with Crippen LogP contribution in [-0.2, 0) is 28.8 Å². The number of methoxy groups -OCH3 is 1. The van der Waals surface area contributed by atoms with Crippen molar-refractivity contribution in [1.82, 2.24) is 0 Å². The van der Waals surface area contributed by atoms with Gasteiger partial charge in [0.1, 0.15) is 0 Å². The molecule has 0 bridgehead atoms. The molecule has 0 radical (unpaired) electrons. The summed E-state index contributed by atoms with van der Waals surface area (Å²) >= 11 is 23.4. The Morgan fingerprint density at radius 3 is 1.92 bits per heavy atom. The van der Waals surface area contributed by atoms with Crippen LogP contribution in [0.15, 0.2) is 24.3 Å². The van der Waals surface area contributed by atoms with Crippen LogP contribution in [0.25, 0.3) is 0 Å². The van der Waals surface area contributed by atoms with Gasteiger partial charge in [-0.25, -0.2) is 0 Å². The van der Waals surface area contributed by atoms with Gasteiger partial charge in [-0.3, -0.25) is 4.79 Å². The lowest BCUT2D eigenvalue weighted by Crippen LogP contribution is -2.07. The molecule has 26 heavy (non-hydrogen) atoms. The first-order valence-electron chi connectivity index (χ1n) is 8.00. The SMILES string of the molecule is CCc1cc(Cl)cc(Cl)c1CC(=O)OC.CCc1cc(Cl)cc(Cl)c1N. The van der Waals surface area contributed by atoms with Gasteiger partial charge in [0.15, 0.2) is 0 Å². The fourth-order valence-electron chi connectivity index (χ4n) is 2.32. The van der Waals surface area contributed by atoms with Crippen LogP contribution >= 0.6 is 46.4 Å². The van der Waals surface area contributed by atoms with Crippen LogP contribution < -0.4 is 5.73 Å². The van der Waals surface area contributed by atoms with E-state index in [1.165, 1.54) is 7.11 Å². The Morgan fingerprint density at radius 1 is 0.923 bits per heavy atom. The summed E-state index contributed by atoms with van der Waals surface area (Å²) in [6.07, 6.45) is 1.83. The number of ether oxygens (including phenoxy) is 1. The summed E-state index contributed by atoms with van der Waals surface area (Å²) in [5.74, 6) is -0.297. The summed E-state index contributed by atoms with van der Waals surface area (Å²) in [6, 6.07) is 6.95. The minimum Gasteiger partial charge on any atom is -0.469 e. The molecule has 0 aliphatic rings. The Bertz CT molecular complexity index is 779. The Morgan fingerprint density at radius 2 is 1.42 bits per heavy atom. The summed E-state index contributed by atoms with van der Waals surface area (Å²) in [5, 5.41) is 2.28. The Balaban J connectivity index is 0.000000273. The number of nitrogens with two attached hydrogens (primary N) is 1. The van der Waals surface area contributed by atoms with E-state index in [1.54, 1.807) is 12.1 Å². The van der Waals surface area contributed by atoms with Crippen LogP contribution in [0.4, 0.5) is 5.69 Å². The molecule has 0 aromatic heterocycles. The van der Waals surface area contributed by atoms with Gasteiger partial charge in [0.05, 0.1) is 24.2 Å². The number of rotatable bonds is 4. The number of carbonyl (C=O) groups is 1. The lowest BCUT2D eigenvalue weighted by Gasteiger charge is -2.09. The fourth-order valence-corrected chi connectivity index (χ4v) is 3.46. The minimum absolute atomic E-state index is 0.190. The monoisotopic (exact) mass is 435 g/mol. The van der Waals surface area contributed by atoms with Crippen molar-refractivity contribution < 1.29 is 9.53 Å². The first-order valence-corrected chi connectivity index (χ1v) is 9.51. The number of carbonyl (C=O) groups excluding carboxylic acids is 1. The van der Waals surface area contributed by atoms with Crippen LogP contribution in [0, 0.1) is 0 Å². The van der Waals surface area contributed by atoms with Gasteiger partial charge in [0.2, 0.25) is 0 Å². The summed E-state index contributed by atoms with van der Waals surface area (Å²) < 4.78 is 4.61. The maximum Gasteiger partial charge on any atom is 0.310 e. The van der Waals surface area contributed by atoms with E-state index in [-0.39, 0.29) is 12.4 Å². The molecule has 142 valence electrons. The molecule has 0 fully saturated rings. The predicted octanol–water partition coefficient (Wildman–Crippen LogP) is 6.41. The summed E-state index contributed by atoms with van der Waals surface area (Å²) in [5.41, 5.74) is 9.10. The first-order chi connectivity index (χ1) is 12.2. The Kier molecular flexibility index (Phi) is 9.59. The highest BCUT2D eigenvalue weighted by Crippen LogP contribution is 2.28. The molecule has 2 aromatic rings. The third-order valence-corrected chi connectivity index (χ3v) is 4.83. The van der Waals surface area contributed by atoms with Gasteiger partial charge in [-0.1, -0.05) is 60.3 Å². The maximum atomic E-state index is 11.2. The van der Waals surface area contributed by atoms with Crippen molar-refractivity contribution in [2.24, 2.45) is 0 Å². The van der Waals surface area contributed by atoms with E-state index < -0.39 is 0 Å². The average Bonchev–Trinajstić information content (AvgIpc) is 2.60. The number of hydrogen-bond acceptors (Lipinski definition) is 3. The number of benzene rings is 2. The van der Waals surface area contributed by atoms with Crippen LogP contribution in [0.2, 0.25) is 20.1 Å². The zero-order valence-corrected chi connectivity index (χ0v) is 17.9. The second-order valence-corrected chi connectivity index (χ2v) is 7.13. The van der Waals surface area contributed by atoms with Crippen molar-refractivity contribution in [2.75, 3.05) is 12.8 Å². The number of esters is 1. The second-order valence-electron chi connectivity index (χ2n) is 5.45. The number of hydrogen-bond donors (Lipinski definition) is 1. The van der Waals surface area contributed by atoms with E-state index in [9.17, 15) is 4.79 Å². The van der Waals surface area contributed by atoms with Gasteiger partial charge >= 0.3 is 5.97 Å².